The fraction of sp³-hybridized carbons (Fsp3) is 0.462. The van der Waals surface area contributed by atoms with Gasteiger partial charge in [-0.3, -0.25) is 4.79 Å². The van der Waals surface area contributed by atoms with Crippen LogP contribution in [0.3, 0.4) is 0 Å². The molecule has 1 aromatic rings. The number of fused-ring (bicyclic) bond motifs is 1. The van der Waals surface area contributed by atoms with Crippen molar-refractivity contribution in [1.29, 1.82) is 0 Å². The van der Waals surface area contributed by atoms with Crippen LogP contribution in [0.4, 0.5) is 11.4 Å². The zero-order valence-electron chi connectivity index (χ0n) is 10.7. The minimum atomic E-state index is -1.11. The third-order valence-corrected chi connectivity index (χ3v) is 3.27. The van der Waals surface area contributed by atoms with Gasteiger partial charge in [0.25, 0.3) is 5.91 Å². The van der Waals surface area contributed by atoms with Crippen molar-refractivity contribution in [3.63, 3.8) is 0 Å². The van der Waals surface area contributed by atoms with Crippen LogP contribution in [-0.4, -0.2) is 24.6 Å². The van der Waals surface area contributed by atoms with Crippen molar-refractivity contribution >= 4 is 28.9 Å². The Balaban J connectivity index is 2.35. The smallest absolute Gasteiger partial charge is 0.257 e. The van der Waals surface area contributed by atoms with Crippen LogP contribution in [-0.2, 0) is 4.79 Å². The molecule has 0 saturated heterocycles. The zero-order valence-corrected chi connectivity index (χ0v) is 11.5. The second-order valence-electron chi connectivity index (χ2n) is 5.06. The van der Waals surface area contributed by atoms with E-state index in [4.69, 9.17) is 11.6 Å². The molecule has 2 rings (SSSR count). The molecule has 1 unspecified atom stereocenters. The number of carbonyl (C=O) groups is 1. The maximum Gasteiger partial charge on any atom is 0.257 e. The van der Waals surface area contributed by atoms with Gasteiger partial charge in [-0.05, 0) is 18.1 Å². The fourth-order valence-corrected chi connectivity index (χ4v) is 2.51. The van der Waals surface area contributed by atoms with Gasteiger partial charge in [0.15, 0.2) is 6.10 Å². The van der Waals surface area contributed by atoms with Crippen molar-refractivity contribution < 1.29 is 9.90 Å². The number of aliphatic hydroxyl groups excluding tert-OH is 1. The summed E-state index contributed by atoms with van der Waals surface area (Å²) < 4.78 is 0. The Morgan fingerprint density at radius 3 is 2.78 bits per heavy atom. The minimum Gasteiger partial charge on any atom is -0.378 e. The first-order chi connectivity index (χ1) is 8.40. The van der Waals surface area contributed by atoms with Gasteiger partial charge in [0, 0.05) is 24.8 Å². The Hall–Kier alpha value is -1.26. The first-order valence-corrected chi connectivity index (χ1v) is 6.31. The molecule has 18 heavy (non-hydrogen) atoms. The molecule has 5 heteroatoms. The molecule has 0 fully saturated rings. The van der Waals surface area contributed by atoms with Crippen molar-refractivity contribution in [1.82, 2.24) is 0 Å². The van der Waals surface area contributed by atoms with Gasteiger partial charge >= 0.3 is 0 Å². The van der Waals surface area contributed by atoms with E-state index < -0.39 is 12.0 Å². The molecule has 2 N–H and O–H groups in total. The summed E-state index contributed by atoms with van der Waals surface area (Å²) in [5.74, 6) is 0.115. The molecule has 1 atom stereocenters. The molecule has 0 spiro atoms. The van der Waals surface area contributed by atoms with E-state index in [2.05, 4.69) is 19.2 Å². The fourth-order valence-electron chi connectivity index (χ4n) is 2.19. The van der Waals surface area contributed by atoms with E-state index in [9.17, 15) is 9.90 Å². The summed E-state index contributed by atoms with van der Waals surface area (Å²) in [6.07, 6.45) is -1.11. The standard InChI is InChI=1S/C13H17ClN2O2/c1-7(2)6-16(3)11-5-10-8(4-9(11)14)12(17)13(18)15-10/h4-5,7,12,17H,6H2,1-3H3,(H,15,18). The molecule has 0 aromatic heterocycles. The van der Waals surface area contributed by atoms with Gasteiger partial charge in [-0.15, -0.1) is 0 Å². The molecule has 0 saturated carbocycles. The van der Waals surface area contributed by atoms with Gasteiger partial charge in [0.2, 0.25) is 0 Å². The summed E-state index contributed by atoms with van der Waals surface area (Å²) in [4.78, 5) is 13.4. The topological polar surface area (TPSA) is 52.6 Å². The van der Waals surface area contributed by atoms with Crippen LogP contribution >= 0.6 is 11.6 Å². The molecule has 1 aliphatic heterocycles. The van der Waals surface area contributed by atoms with Crippen LogP contribution in [0.5, 0.6) is 0 Å². The molecule has 4 nitrogen and oxygen atoms in total. The summed E-state index contributed by atoms with van der Waals surface area (Å²) in [6.45, 7) is 5.13. The quantitative estimate of drug-likeness (QED) is 0.885. The Kier molecular flexibility index (Phi) is 3.50. The number of anilines is 2. The highest BCUT2D eigenvalue weighted by Gasteiger charge is 2.29. The van der Waals surface area contributed by atoms with Crippen molar-refractivity contribution in [2.45, 2.75) is 20.0 Å². The van der Waals surface area contributed by atoms with Crippen LogP contribution in [0.25, 0.3) is 0 Å². The lowest BCUT2D eigenvalue weighted by Crippen LogP contribution is -2.22. The average molecular weight is 269 g/mol. The summed E-state index contributed by atoms with van der Waals surface area (Å²) in [7, 11) is 1.96. The van der Waals surface area contributed by atoms with Gasteiger partial charge in [-0.2, -0.15) is 0 Å². The van der Waals surface area contributed by atoms with Gasteiger partial charge in [0.05, 0.1) is 10.7 Å². The average Bonchev–Trinajstić information content (AvgIpc) is 2.53. The largest absolute Gasteiger partial charge is 0.378 e. The second-order valence-corrected chi connectivity index (χ2v) is 5.46. The summed E-state index contributed by atoms with van der Waals surface area (Å²) in [6, 6.07) is 3.47. The van der Waals surface area contributed by atoms with Gasteiger partial charge in [0.1, 0.15) is 0 Å². The molecular weight excluding hydrogens is 252 g/mol. The molecule has 1 aromatic carbocycles. The Morgan fingerprint density at radius 1 is 1.50 bits per heavy atom. The first-order valence-electron chi connectivity index (χ1n) is 5.93. The molecule has 98 valence electrons. The second kappa shape index (κ2) is 4.78. The Bertz CT molecular complexity index is 488. The van der Waals surface area contributed by atoms with E-state index in [1.807, 2.05) is 18.0 Å². The molecule has 1 amide bonds. The van der Waals surface area contributed by atoms with Crippen molar-refractivity contribution in [2.75, 3.05) is 23.8 Å². The Labute approximate surface area is 112 Å². The number of amides is 1. The minimum absolute atomic E-state index is 0.398. The molecule has 1 aliphatic rings. The molecule has 0 aliphatic carbocycles. The number of rotatable bonds is 3. The number of hydrogen-bond donors (Lipinski definition) is 2. The van der Waals surface area contributed by atoms with Gasteiger partial charge in [-0.1, -0.05) is 25.4 Å². The normalized spacial score (nSPS) is 17.9. The lowest BCUT2D eigenvalue weighted by Gasteiger charge is -2.23. The highest BCUT2D eigenvalue weighted by molar-refractivity contribution is 6.33. The molecular formula is C13H17ClN2O2. The zero-order chi connectivity index (χ0) is 13.4. The van der Waals surface area contributed by atoms with Crippen molar-refractivity contribution in [3.05, 3.63) is 22.7 Å². The lowest BCUT2D eigenvalue weighted by molar-refractivity contribution is -0.123. The number of nitrogens with zero attached hydrogens (tertiary/aromatic N) is 1. The lowest BCUT2D eigenvalue weighted by atomic mass is 10.1. The predicted octanol–water partition coefficient (Wildman–Crippen LogP) is 2.42. The van der Waals surface area contributed by atoms with Crippen LogP contribution in [0.15, 0.2) is 12.1 Å². The number of nitrogens with one attached hydrogen (secondary N) is 1. The SMILES string of the molecule is CC(C)CN(C)c1cc2c(cc1Cl)C(O)C(=O)N2. The summed E-state index contributed by atoms with van der Waals surface area (Å²) in [5, 5.41) is 12.9. The predicted molar refractivity (Wildman–Crippen MR) is 73.1 cm³/mol. The van der Waals surface area contributed by atoms with Crippen molar-refractivity contribution in [3.8, 4) is 0 Å². The number of aliphatic hydroxyl groups is 1. The third kappa shape index (κ3) is 2.31. The molecule has 1 heterocycles. The van der Waals surface area contributed by atoms with Gasteiger partial charge < -0.3 is 15.3 Å². The van der Waals surface area contributed by atoms with E-state index in [1.54, 1.807) is 6.07 Å². The number of carbonyl (C=O) groups excluding carboxylic acids is 1. The van der Waals surface area contributed by atoms with E-state index in [1.165, 1.54) is 0 Å². The molecule has 0 bridgehead atoms. The number of benzene rings is 1. The van der Waals surface area contributed by atoms with Crippen LogP contribution in [0.2, 0.25) is 5.02 Å². The summed E-state index contributed by atoms with van der Waals surface area (Å²) in [5.41, 5.74) is 2.05. The first kappa shape index (κ1) is 13.2. The van der Waals surface area contributed by atoms with E-state index in [0.717, 1.165) is 12.2 Å². The van der Waals surface area contributed by atoms with Crippen molar-refractivity contribution in [2.24, 2.45) is 5.92 Å². The highest BCUT2D eigenvalue weighted by atomic mass is 35.5. The van der Waals surface area contributed by atoms with Crippen LogP contribution in [0.1, 0.15) is 25.5 Å². The van der Waals surface area contributed by atoms with E-state index in [-0.39, 0.29) is 0 Å². The maximum absolute atomic E-state index is 11.4. The van der Waals surface area contributed by atoms with Gasteiger partial charge in [-0.25, -0.2) is 0 Å². The number of hydrogen-bond acceptors (Lipinski definition) is 3. The maximum atomic E-state index is 11.4. The monoisotopic (exact) mass is 268 g/mol. The van der Waals surface area contributed by atoms with Crippen LogP contribution in [0, 0.1) is 5.92 Å². The highest BCUT2D eigenvalue weighted by Crippen LogP contribution is 2.38. The van der Waals surface area contributed by atoms with E-state index in [0.29, 0.717) is 22.2 Å². The third-order valence-electron chi connectivity index (χ3n) is 2.97. The molecule has 0 radical (unpaired) electrons. The Morgan fingerprint density at radius 2 is 2.17 bits per heavy atom. The van der Waals surface area contributed by atoms with Crippen LogP contribution < -0.4 is 10.2 Å². The summed E-state index contributed by atoms with van der Waals surface area (Å²) >= 11 is 6.21. The van der Waals surface area contributed by atoms with E-state index >= 15 is 0 Å². The number of halogens is 1.